The van der Waals surface area contributed by atoms with E-state index in [9.17, 15) is 4.39 Å². The zero-order valence-corrected chi connectivity index (χ0v) is 12.4. The predicted octanol–water partition coefficient (Wildman–Crippen LogP) is 3.54. The largest absolute Gasteiger partial charge is 0.319 e. The SMILES string of the molecule is CNCC(Cc1ccccc1F)C[Si](C)(C)C. The predicted molar refractivity (Wildman–Crippen MR) is 75.7 cm³/mol. The van der Waals surface area contributed by atoms with E-state index in [1.54, 1.807) is 12.1 Å². The molecule has 0 aliphatic carbocycles. The zero-order chi connectivity index (χ0) is 12.9. The monoisotopic (exact) mass is 253 g/mol. The number of hydrogen-bond acceptors (Lipinski definition) is 1. The van der Waals surface area contributed by atoms with Crippen LogP contribution in [0.2, 0.25) is 25.7 Å². The molecule has 0 amide bonds. The highest BCUT2D eigenvalue weighted by atomic mass is 28.3. The second-order valence-electron chi connectivity index (χ2n) is 5.98. The number of benzene rings is 1. The summed E-state index contributed by atoms with van der Waals surface area (Å²) < 4.78 is 13.6. The first-order chi connectivity index (χ1) is 7.92. The minimum Gasteiger partial charge on any atom is -0.319 e. The molecule has 17 heavy (non-hydrogen) atoms. The molecule has 1 atom stereocenters. The Morgan fingerprint density at radius 2 is 1.88 bits per heavy atom. The Morgan fingerprint density at radius 3 is 2.41 bits per heavy atom. The van der Waals surface area contributed by atoms with Crippen LogP contribution in [0.3, 0.4) is 0 Å². The topological polar surface area (TPSA) is 12.0 Å². The second-order valence-corrected chi connectivity index (χ2v) is 11.5. The van der Waals surface area contributed by atoms with Crippen LogP contribution in [0.1, 0.15) is 5.56 Å². The van der Waals surface area contributed by atoms with Crippen LogP contribution in [0.25, 0.3) is 0 Å². The molecule has 1 N–H and O–H groups in total. The Balaban J connectivity index is 2.70. The lowest BCUT2D eigenvalue weighted by Crippen LogP contribution is -2.30. The van der Waals surface area contributed by atoms with Crippen molar-refractivity contribution in [2.75, 3.05) is 13.6 Å². The quantitative estimate of drug-likeness (QED) is 0.765. The van der Waals surface area contributed by atoms with Crippen LogP contribution < -0.4 is 5.32 Å². The maximum absolute atomic E-state index is 13.6. The number of hydrogen-bond donors (Lipinski definition) is 1. The minimum absolute atomic E-state index is 0.0656. The van der Waals surface area contributed by atoms with Gasteiger partial charge in [-0.3, -0.25) is 0 Å². The van der Waals surface area contributed by atoms with Gasteiger partial charge in [0.25, 0.3) is 0 Å². The highest BCUT2D eigenvalue weighted by Gasteiger charge is 2.21. The van der Waals surface area contributed by atoms with Crippen molar-refractivity contribution in [1.29, 1.82) is 0 Å². The lowest BCUT2D eigenvalue weighted by Gasteiger charge is -2.24. The minimum atomic E-state index is -1.09. The number of rotatable bonds is 6. The lowest BCUT2D eigenvalue weighted by atomic mass is 10.0. The van der Waals surface area contributed by atoms with Gasteiger partial charge in [-0.25, -0.2) is 4.39 Å². The molecule has 1 rings (SSSR count). The summed E-state index contributed by atoms with van der Waals surface area (Å²) >= 11 is 0. The van der Waals surface area contributed by atoms with Gasteiger partial charge in [-0.15, -0.1) is 0 Å². The first kappa shape index (κ1) is 14.4. The van der Waals surface area contributed by atoms with Crippen molar-refractivity contribution in [2.24, 2.45) is 5.92 Å². The maximum Gasteiger partial charge on any atom is 0.126 e. The molecule has 1 aromatic carbocycles. The van der Waals surface area contributed by atoms with Crippen LogP contribution in [0.4, 0.5) is 4.39 Å². The third-order valence-corrected chi connectivity index (χ3v) is 4.66. The molecule has 0 aliphatic heterocycles. The third kappa shape index (κ3) is 5.46. The molecule has 0 fully saturated rings. The molecule has 1 unspecified atom stereocenters. The van der Waals surface area contributed by atoms with E-state index in [0.29, 0.717) is 5.92 Å². The Kier molecular flexibility index (Phi) is 5.34. The van der Waals surface area contributed by atoms with Gasteiger partial charge in [0, 0.05) is 8.07 Å². The Morgan fingerprint density at radius 1 is 1.24 bits per heavy atom. The molecule has 1 aromatic rings. The summed E-state index contributed by atoms with van der Waals surface area (Å²) in [4.78, 5) is 0. The van der Waals surface area contributed by atoms with Gasteiger partial charge in [0.1, 0.15) is 5.82 Å². The van der Waals surface area contributed by atoms with Gasteiger partial charge < -0.3 is 5.32 Å². The molecule has 0 saturated heterocycles. The number of halogens is 1. The summed E-state index contributed by atoms with van der Waals surface area (Å²) in [6.07, 6.45) is 0.845. The number of nitrogens with one attached hydrogen (secondary N) is 1. The van der Waals surface area contributed by atoms with Crippen molar-refractivity contribution in [2.45, 2.75) is 32.1 Å². The smallest absolute Gasteiger partial charge is 0.126 e. The van der Waals surface area contributed by atoms with Gasteiger partial charge >= 0.3 is 0 Å². The Hall–Kier alpha value is -0.673. The molecule has 0 aliphatic rings. The van der Waals surface area contributed by atoms with Crippen LogP contribution in [-0.4, -0.2) is 21.7 Å². The summed E-state index contributed by atoms with van der Waals surface area (Å²) in [6, 6.07) is 8.37. The van der Waals surface area contributed by atoms with Gasteiger partial charge in [0.2, 0.25) is 0 Å². The van der Waals surface area contributed by atoms with E-state index in [0.717, 1.165) is 18.5 Å². The Labute approximate surface area is 105 Å². The highest BCUT2D eigenvalue weighted by Crippen LogP contribution is 2.21. The molecule has 0 saturated carbocycles. The summed E-state index contributed by atoms with van der Waals surface area (Å²) in [5, 5.41) is 3.23. The van der Waals surface area contributed by atoms with Crippen molar-refractivity contribution in [3.63, 3.8) is 0 Å². The maximum atomic E-state index is 13.6. The fourth-order valence-electron chi connectivity index (χ4n) is 2.35. The molecule has 0 radical (unpaired) electrons. The zero-order valence-electron chi connectivity index (χ0n) is 11.4. The van der Waals surface area contributed by atoms with Gasteiger partial charge in [-0.2, -0.15) is 0 Å². The molecule has 96 valence electrons. The van der Waals surface area contributed by atoms with Gasteiger partial charge in [-0.1, -0.05) is 43.9 Å². The van der Waals surface area contributed by atoms with Gasteiger partial charge in [0.15, 0.2) is 0 Å². The van der Waals surface area contributed by atoms with E-state index in [1.165, 1.54) is 6.04 Å². The Bertz CT molecular complexity index is 346. The van der Waals surface area contributed by atoms with E-state index in [1.807, 2.05) is 19.2 Å². The summed E-state index contributed by atoms with van der Waals surface area (Å²) in [7, 11) is 0.880. The van der Waals surface area contributed by atoms with E-state index < -0.39 is 8.07 Å². The van der Waals surface area contributed by atoms with Crippen molar-refractivity contribution in [1.82, 2.24) is 5.32 Å². The van der Waals surface area contributed by atoms with Crippen LogP contribution in [0, 0.1) is 11.7 Å². The van der Waals surface area contributed by atoms with Crippen LogP contribution in [0.15, 0.2) is 24.3 Å². The molecular formula is C14H24FNSi. The molecule has 0 heterocycles. The first-order valence-electron chi connectivity index (χ1n) is 6.30. The van der Waals surface area contributed by atoms with Crippen molar-refractivity contribution < 1.29 is 4.39 Å². The van der Waals surface area contributed by atoms with Crippen LogP contribution >= 0.6 is 0 Å². The van der Waals surface area contributed by atoms with E-state index >= 15 is 0 Å². The molecular weight excluding hydrogens is 229 g/mol. The molecule has 0 bridgehead atoms. The van der Waals surface area contributed by atoms with Crippen molar-refractivity contribution in [3.05, 3.63) is 35.6 Å². The lowest BCUT2D eigenvalue weighted by molar-refractivity contribution is 0.515. The summed E-state index contributed by atoms with van der Waals surface area (Å²) in [5.41, 5.74) is 0.853. The average molecular weight is 253 g/mol. The van der Waals surface area contributed by atoms with Crippen molar-refractivity contribution in [3.8, 4) is 0 Å². The van der Waals surface area contributed by atoms with Crippen molar-refractivity contribution >= 4 is 8.07 Å². The first-order valence-corrected chi connectivity index (χ1v) is 10.0. The van der Waals surface area contributed by atoms with Gasteiger partial charge in [0.05, 0.1) is 0 Å². The van der Waals surface area contributed by atoms with E-state index in [2.05, 4.69) is 25.0 Å². The third-order valence-electron chi connectivity index (χ3n) is 2.86. The average Bonchev–Trinajstić information content (AvgIpc) is 2.19. The van der Waals surface area contributed by atoms with Crippen LogP contribution in [0.5, 0.6) is 0 Å². The molecule has 3 heteroatoms. The summed E-state index contributed by atoms with van der Waals surface area (Å²) in [5.74, 6) is 0.479. The highest BCUT2D eigenvalue weighted by molar-refractivity contribution is 6.76. The molecule has 1 nitrogen and oxygen atoms in total. The van der Waals surface area contributed by atoms with E-state index in [-0.39, 0.29) is 5.82 Å². The van der Waals surface area contributed by atoms with E-state index in [4.69, 9.17) is 0 Å². The molecule has 0 aromatic heterocycles. The normalized spacial score (nSPS) is 13.7. The summed E-state index contributed by atoms with van der Waals surface area (Å²) in [6.45, 7) is 8.09. The molecule has 0 spiro atoms. The standard InChI is InChI=1S/C14H24FNSi/c1-16-10-12(11-17(2,3)4)9-13-7-5-6-8-14(13)15/h5-8,12,16H,9-11H2,1-4H3. The van der Waals surface area contributed by atoms with Gasteiger partial charge in [-0.05, 0) is 37.6 Å². The fourth-order valence-corrected chi connectivity index (χ4v) is 4.37. The van der Waals surface area contributed by atoms with Crippen LogP contribution in [-0.2, 0) is 6.42 Å². The second kappa shape index (κ2) is 6.31. The fraction of sp³-hybridized carbons (Fsp3) is 0.571.